The van der Waals surface area contributed by atoms with E-state index in [1.165, 1.54) is 38.3 Å². The van der Waals surface area contributed by atoms with E-state index in [4.69, 9.17) is 0 Å². The first-order valence-corrected chi connectivity index (χ1v) is 7.14. The minimum absolute atomic E-state index is 0.223. The number of aromatic hydroxyl groups is 1. The first-order chi connectivity index (χ1) is 9.12. The molecule has 1 aliphatic carbocycles. The number of pyridine rings is 1. The Labute approximate surface area is 115 Å². The van der Waals surface area contributed by atoms with Crippen LogP contribution < -0.4 is 5.32 Å². The fourth-order valence-corrected chi connectivity index (χ4v) is 2.94. The van der Waals surface area contributed by atoms with Crippen LogP contribution in [0.3, 0.4) is 0 Å². The monoisotopic (exact) mass is 263 g/mol. The van der Waals surface area contributed by atoms with Gasteiger partial charge in [0.1, 0.15) is 5.75 Å². The van der Waals surface area contributed by atoms with Crippen molar-refractivity contribution in [2.24, 2.45) is 0 Å². The van der Waals surface area contributed by atoms with Gasteiger partial charge in [-0.3, -0.25) is 4.98 Å². The summed E-state index contributed by atoms with van der Waals surface area (Å²) in [5.41, 5.74) is 1.28. The summed E-state index contributed by atoms with van der Waals surface area (Å²) in [7, 11) is 4.37. The minimum Gasteiger partial charge on any atom is -0.506 e. The maximum absolute atomic E-state index is 9.21. The quantitative estimate of drug-likeness (QED) is 0.854. The highest BCUT2D eigenvalue weighted by Gasteiger charge is 2.33. The Morgan fingerprint density at radius 3 is 2.58 bits per heavy atom. The van der Waals surface area contributed by atoms with Gasteiger partial charge in [0.2, 0.25) is 0 Å². The average molecular weight is 263 g/mol. The van der Waals surface area contributed by atoms with Gasteiger partial charge >= 0.3 is 0 Å². The Morgan fingerprint density at radius 2 is 2.00 bits per heavy atom. The topological polar surface area (TPSA) is 48.4 Å². The van der Waals surface area contributed by atoms with E-state index in [1.54, 1.807) is 6.07 Å². The standard InChI is InChI=1S/C15H25N3O/c1-18(2)15(8-4-3-5-9-15)12-16-10-13-6-7-14(19)11-17-13/h6-7,11,16,19H,3-5,8-10,12H2,1-2H3. The van der Waals surface area contributed by atoms with E-state index in [-0.39, 0.29) is 5.75 Å². The van der Waals surface area contributed by atoms with Gasteiger partial charge < -0.3 is 15.3 Å². The summed E-state index contributed by atoms with van der Waals surface area (Å²) in [6.07, 6.45) is 8.08. The summed E-state index contributed by atoms with van der Waals surface area (Å²) < 4.78 is 0. The molecule has 1 aromatic rings. The summed E-state index contributed by atoms with van der Waals surface area (Å²) in [5.74, 6) is 0.223. The summed E-state index contributed by atoms with van der Waals surface area (Å²) in [6, 6.07) is 3.55. The molecule has 2 rings (SSSR count). The molecule has 1 aromatic heterocycles. The molecule has 0 aliphatic heterocycles. The van der Waals surface area contributed by atoms with Crippen molar-refractivity contribution in [2.75, 3.05) is 20.6 Å². The molecular formula is C15H25N3O. The van der Waals surface area contributed by atoms with Gasteiger partial charge in [0, 0.05) is 18.6 Å². The van der Waals surface area contributed by atoms with Crippen LogP contribution >= 0.6 is 0 Å². The van der Waals surface area contributed by atoms with Crippen molar-refractivity contribution in [1.82, 2.24) is 15.2 Å². The number of likely N-dealkylation sites (N-methyl/N-ethyl adjacent to an activating group) is 1. The zero-order valence-corrected chi connectivity index (χ0v) is 12.0. The highest BCUT2D eigenvalue weighted by molar-refractivity contribution is 5.17. The molecule has 0 bridgehead atoms. The van der Waals surface area contributed by atoms with E-state index in [2.05, 4.69) is 29.3 Å². The maximum Gasteiger partial charge on any atom is 0.133 e. The van der Waals surface area contributed by atoms with Crippen molar-refractivity contribution < 1.29 is 5.11 Å². The zero-order valence-electron chi connectivity index (χ0n) is 12.0. The molecule has 0 radical (unpaired) electrons. The molecule has 0 saturated heterocycles. The van der Waals surface area contributed by atoms with Gasteiger partial charge in [0.25, 0.3) is 0 Å². The second-order valence-electron chi connectivity index (χ2n) is 5.79. The SMILES string of the molecule is CN(C)C1(CNCc2ccc(O)cn2)CCCCC1. The van der Waals surface area contributed by atoms with Crippen LogP contribution in [0.4, 0.5) is 0 Å². The molecule has 1 saturated carbocycles. The zero-order chi connectivity index (χ0) is 13.7. The van der Waals surface area contributed by atoms with Crippen molar-refractivity contribution in [2.45, 2.75) is 44.2 Å². The molecule has 4 nitrogen and oxygen atoms in total. The van der Waals surface area contributed by atoms with Crippen molar-refractivity contribution in [3.63, 3.8) is 0 Å². The number of aromatic nitrogens is 1. The predicted molar refractivity (Wildman–Crippen MR) is 77.1 cm³/mol. The van der Waals surface area contributed by atoms with Gasteiger partial charge in [0.05, 0.1) is 11.9 Å². The van der Waals surface area contributed by atoms with Crippen LogP contribution in [-0.2, 0) is 6.54 Å². The Morgan fingerprint density at radius 1 is 1.26 bits per heavy atom. The molecule has 106 valence electrons. The molecule has 1 heterocycles. The smallest absolute Gasteiger partial charge is 0.133 e. The van der Waals surface area contributed by atoms with Crippen LogP contribution in [0.5, 0.6) is 5.75 Å². The lowest BCUT2D eigenvalue weighted by Crippen LogP contribution is -2.52. The first kappa shape index (κ1) is 14.3. The van der Waals surface area contributed by atoms with Gasteiger partial charge in [-0.2, -0.15) is 0 Å². The molecule has 0 unspecified atom stereocenters. The Hall–Kier alpha value is -1.13. The highest BCUT2D eigenvalue weighted by Crippen LogP contribution is 2.31. The third-order valence-corrected chi connectivity index (χ3v) is 4.30. The lowest BCUT2D eigenvalue weighted by Gasteiger charge is -2.43. The summed E-state index contributed by atoms with van der Waals surface area (Å²) in [4.78, 5) is 6.58. The lowest BCUT2D eigenvalue weighted by molar-refractivity contribution is 0.0983. The number of nitrogens with zero attached hydrogens (tertiary/aromatic N) is 2. The van der Waals surface area contributed by atoms with Crippen LogP contribution in [-0.4, -0.2) is 41.2 Å². The lowest BCUT2D eigenvalue weighted by atomic mass is 9.80. The average Bonchev–Trinajstić information content (AvgIpc) is 2.42. The van der Waals surface area contributed by atoms with Crippen molar-refractivity contribution in [3.8, 4) is 5.75 Å². The van der Waals surface area contributed by atoms with Gasteiger partial charge in [-0.05, 0) is 39.1 Å². The molecule has 0 spiro atoms. The predicted octanol–water partition coefficient (Wildman–Crippen LogP) is 2.14. The number of hydrogen-bond acceptors (Lipinski definition) is 4. The summed E-state index contributed by atoms with van der Waals surface area (Å²) >= 11 is 0. The number of nitrogens with one attached hydrogen (secondary N) is 1. The van der Waals surface area contributed by atoms with E-state index >= 15 is 0 Å². The second-order valence-corrected chi connectivity index (χ2v) is 5.79. The summed E-state index contributed by atoms with van der Waals surface area (Å²) in [6.45, 7) is 1.76. The Balaban J connectivity index is 1.87. The second kappa shape index (κ2) is 6.35. The number of rotatable bonds is 5. The molecular weight excluding hydrogens is 238 g/mol. The fourth-order valence-electron chi connectivity index (χ4n) is 2.94. The first-order valence-electron chi connectivity index (χ1n) is 7.14. The van der Waals surface area contributed by atoms with Crippen LogP contribution in [0, 0.1) is 0 Å². The third kappa shape index (κ3) is 3.67. The van der Waals surface area contributed by atoms with E-state index in [9.17, 15) is 5.11 Å². The van der Waals surface area contributed by atoms with E-state index < -0.39 is 0 Å². The fraction of sp³-hybridized carbons (Fsp3) is 0.667. The van der Waals surface area contributed by atoms with Gasteiger partial charge in [-0.15, -0.1) is 0 Å². The molecule has 1 fully saturated rings. The van der Waals surface area contributed by atoms with Crippen LogP contribution in [0.15, 0.2) is 18.3 Å². The maximum atomic E-state index is 9.21. The van der Waals surface area contributed by atoms with Crippen LogP contribution in [0.1, 0.15) is 37.8 Å². The van der Waals surface area contributed by atoms with Crippen molar-refractivity contribution in [3.05, 3.63) is 24.0 Å². The normalized spacial score (nSPS) is 18.7. The molecule has 0 atom stereocenters. The van der Waals surface area contributed by atoms with Crippen molar-refractivity contribution in [1.29, 1.82) is 0 Å². The molecule has 4 heteroatoms. The van der Waals surface area contributed by atoms with Gasteiger partial charge in [-0.25, -0.2) is 0 Å². The van der Waals surface area contributed by atoms with Gasteiger partial charge in [-0.1, -0.05) is 19.3 Å². The molecule has 19 heavy (non-hydrogen) atoms. The molecule has 0 aromatic carbocycles. The molecule has 2 N–H and O–H groups in total. The Kier molecular flexibility index (Phi) is 4.77. The van der Waals surface area contributed by atoms with Crippen molar-refractivity contribution >= 4 is 0 Å². The summed E-state index contributed by atoms with van der Waals surface area (Å²) in [5, 5.41) is 12.7. The van der Waals surface area contributed by atoms with Crippen LogP contribution in [0.25, 0.3) is 0 Å². The minimum atomic E-state index is 0.223. The Bertz CT molecular complexity index is 383. The number of hydrogen-bond donors (Lipinski definition) is 2. The van der Waals surface area contributed by atoms with E-state index in [0.29, 0.717) is 5.54 Å². The third-order valence-electron chi connectivity index (χ3n) is 4.30. The largest absolute Gasteiger partial charge is 0.506 e. The molecule has 0 amide bonds. The highest BCUT2D eigenvalue weighted by atomic mass is 16.3. The van der Waals surface area contributed by atoms with E-state index in [0.717, 1.165) is 18.8 Å². The molecule has 1 aliphatic rings. The van der Waals surface area contributed by atoms with Gasteiger partial charge in [0.15, 0.2) is 0 Å². The van der Waals surface area contributed by atoms with Crippen LogP contribution in [0.2, 0.25) is 0 Å². The van der Waals surface area contributed by atoms with E-state index in [1.807, 2.05) is 6.07 Å².